The highest BCUT2D eigenvalue weighted by Gasteiger charge is 2.53. The van der Waals surface area contributed by atoms with E-state index in [0.29, 0.717) is 11.9 Å². The number of likely N-dealkylation sites (tertiary alicyclic amines) is 1. The van der Waals surface area contributed by atoms with Gasteiger partial charge in [-0.3, -0.25) is 9.69 Å². The Morgan fingerprint density at radius 3 is 2.42 bits per heavy atom. The minimum Gasteiger partial charge on any atom is -0.340 e. The fourth-order valence-corrected chi connectivity index (χ4v) is 4.22. The number of hydrogen-bond acceptors (Lipinski definition) is 3. The van der Waals surface area contributed by atoms with Crippen molar-refractivity contribution in [2.45, 2.75) is 30.7 Å². The third-order valence-corrected chi connectivity index (χ3v) is 5.93. The van der Waals surface area contributed by atoms with E-state index in [4.69, 9.17) is 11.6 Å². The lowest BCUT2D eigenvalue weighted by Gasteiger charge is -2.33. The van der Waals surface area contributed by atoms with Gasteiger partial charge in [0.25, 0.3) is 0 Å². The molecule has 0 radical (unpaired) electrons. The average molecular weight is 370 g/mol. The van der Waals surface area contributed by atoms with Gasteiger partial charge in [-0.1, -0.05) is 23.7 Å². The number of nitrogens with zero attached hydrogens (tertiary/aromatic N) is 2. The molecule has 0 spiro atoms. The molecule has 1 unspecified atom stereocenters. The molecule has 1 saturated carbocycles. The van der Waals surface area contributed by atoms with Gasteiger partial charge in [-0.25, -0.2) is 0 Å². The van der Waals surface area contributed by atoms with Crippen molar-refractivity contribution in [3.63, 3.8) is 0 Å². The van der Waals surface area contributed by atoms with Crippen LogP contribution in [-0.4, -0.2) is 61.0 Å². The summed E-state index contributed by atoms with van der Waals surface area (Å²) in [5.74, 6) is 0.331. The molecule has 132 valence electrons. The lowest BCUT2D eigenvalue weighted by Crippen LogP contribution is -2.49. The first-order valence-electron chi connectivity index (χ1n) is 8.69. The van der Waals surface area contributed by atoms with Crippen molar-refractivity contribution in [2.75, 3.05) is 39.3 Å². The van der Waals surface area contributed by atoms with Crippen LogP contribution in [-0.2, 0) is 10.2 Å². The molecule has 2 heterocycles. The van der Waals surface area contributed by atoms with E-state index in [1.807, 2.05) is 24.3 Å². The molecule has 1 aliphatic carbocycles. The van der Waals surface area contributed by atoms with E-state index in [0.717, 1.165) is 69.1 Å². The molecule has 4 rings (SSSR count). The first-order chi connectivity index (χ1) is 11.2. The van der Waals surface area contributed by atoms with Gasteiger partial charge in [-0.05, 0) is 37.0 Å². The molecule has 3 fully saturated rings. The maximum Gasteiger partial charge on any atom is 0.233 e. The number of benzene rings is 1. The van der Waals surface area contributed by atoms with Crippen molar-refractivity contribution in [3.05, 3.63) is 34.9 Å². The van der Waals surface area contributed by atoms with E-state index in [1.54, 1.807) is 0 Å². The second-order valence-corrected chi connectivity index (χ2v) is 7.51. The van der Waals surface area contributed by atoms with Crippen LogP contribution < -0.4 is 5.32 Å². The number of amides is 1. The summed E-state index contributed by atoms with van der Waals surface area (Å²) in [6.07, 6.45) is 3.06. The van der Waals surface area contributed by atoms with Gasteiger partial charge in [0.1, 0.15) is 0 Å². The van der Waals surface area contributed by atoms with Crippen molar-refractivity contribution in [1.29, 1.82) is 0 Å². The molecule has 4 nitrogen and oxygen atoms in total. The summed E-state index contributed by atoms with van der Waals surface area (Å²) in [5.41, 5.74) is 0.876. The Morgan fingerprint density at radius 2 is 1.79 bits per heavy atom. The highest BCUT2D eigenvalue weighted by Crippen LogP contribution is 2.50. The summed E-state index contributed by atoms with van der Waals surface area (Å²) in [6.45, 7) is 6.15. The first-order valence-corrected chi connectivity index (χ1v) is 9.07. The number of nitrogens with one attached hydrogen (secondary N) is 1. The minimum atomic E-state index is -0.261. The number of hydrogen-bond donors (Lipinski definition) is 1. The Morgan fingerprint density at radius 1 is 1.12 bits per heavy atom. The number of halogens is 2. The van der Waals surface area contributed by atoms with Gasteiger partial charge in [0, 0.05) is 50.3 Å². The van der Waals surface area contributed by atoms with Crippen LogP contribution in [0.25, 0.3) is 0 Å². The molecular weight excluding hydrogens is 345 g/mol. The van der Waals surface area contributed by atoms with Gasteiger partial charge in [0.2, 0.25) is 5.91 Å². The zero-order valence-electron chi connectivity index (χ0n) is 13.8. The van der Waals surface area contributed by atoms with Crippen LogP contribution in [0.15, 0.2) is 24.3 Å². The summed E-state index contributed by atoms with van der Waals surface area (Å²) in [7, 11) is 0. The Hall–Kier alpha value is -0.810. The third-order valence-electron chi connectivity index (χ3n) is 5.67. The largest absolute Gasteiger partial charge is 0.340 e. The normalized spacial score (nSPS) is 26.0. The third kappa shape index (κ3) is 3.30. The molecule has 6 heteroatoms. The van der Waals surface area contributed by atoms with E-state index in [2.05, 4.69) is 15.1 Å². The van der Waals surface area contributed by atoms with Crippen molar-refractivity contribution < 1.29 is 4.79 Å². The van der Waals surface area contributed by atoms with Crippen molar-refractivity contribution in [3.8, 4) is 0 Å². The van der Waals surface area contributed by atoms with Gasteiger partial charge in [0.05, 0.1) is 5.41 Å². The Labute approximate surface area is 154 Å². The molecule has 1 N–H and O–H groups in total. The van der Waals surface area contributed by atoms with Gasteiger partial charge < -0.3 is 10.2 Å². The number of rotatable bonds is 3. The highest BCUT2D eigenvalue weighted by atomic mass is 35.5. The van der Waals surface area contributed by atoms with E-state index in [9.17, 15) is 4.79 Å². The topological polar surface area (TPSA) is 35.6 Å². The summed E-state index contributed by atoms with van der Waals surface area (Å²) < 4.78 is 0. The number of carbonyl (C=O) groups excluding carboxylic acids is 1. The number of piperazine rings is 1. The van der Waals surface area contributed by atoms with E-state index in [1.165, 1.54) is 0 Å². The van der Waals surface area contributed by atoms with Gasteiger partial charge in [0.15, 0.2) is 0 Å². The zero-order chi connectivity index (χ0) is 15.9. The lowest BCUT2D eigenvalue weighted by molar-refractivity contribution is -0.133. The fourth-order valence-electron chi connectivity index (χ4n) is 4.09. The molecule has 1 atom stereocenters. The molecule has 3 aliphatic rings. The Bertz CT molecular complexity index is 582. The molecule has 1 aromatic carbocycles. The smallest absolute Gasteiger partial charge is 0.233 e. The van der Waals surface area contributed by atoms with E-state index >= 15 is 0 Å². The molecule has 1 amide bonds. The van der Waals surface area contributed by atoms with Crippen LogP contribution in [0.4, 0.5) is 0 Å². The van der Waals surface area contributed by atoms with Gasteiger partial charge in [-0.2, -0.15) is 0 Å². The molecular formula is C18H25Cl2N3O. The van der Waals surface area contributed by atoms with Crippen LogP contribution in [0, 0.1) is 0 Å². The molecule has 0 bridgehead atoms. The van der Waals surface area contributed by atoms with Crippen molar-refractivity contribution in [1.82, 2.24) is 15.1 Å². The van der Waals surface area contributed by atoms with Crippen LogP contribution in [0.3, 0.4) is 0 Å². The summed E-state index contributed by atoms with van der Waals surface area (Å²) in [5, 5.41) is 4.13. The average Bonchev–Trinajstić information content (AvgIpc) is 3.25. The first kappa shape index (κ1) is 18.0. The number of carbonyl (C=O) groups is 1. The van der Waals surface area contributed by atoms with Crippen molar-refractivity contribution in [2.24, 2.45) is 0 Å². The standard InChI is InChI=1S/C18H24ClN3O.ClH/c19-15-3-1-14(2-4-15)18(6-7-18)17(23)22-10-5-16(13-22)21-11-8-20-9-12-21;/h1-4,16,20H,5-13H2;1H. The van der Waals surface area contributed by atoms with Crippen LogP contribution >= 0.6 is 24.0 Å². The van der Waals surface area contributed by atoms with Gasteiger partial charge >= 0.3 is 0 Å². The quantitative estimate of drug-likeness (QED) is 0.887. The predicted octanol–water partition coefficient (Wildman–Crippen LogP) is 2.30. The fraction of sp³-hybridized carbons (Fsp3) is 0.611. The molecule has 0 aromatic heterocycles. The van der Waals surface area contributed by atoms with Crippen LogP contribution in [0.5, 0.6) is 0 Å². The van der Waals surface area contributed by atoms with E-state index < -0.39 is 0 Å². The summed E-state index contributed by atoms with van der Waals surface area (Å²) >= 11 is 5.99. The van der Waals surface area contributed by atoms with E-state index in [-0.39, 0.29) is 17.8 Å². The SMILES string of the molecule is Cl.O=C(N1CCC(N2CCNCC2)C1)C1(c2ccc(Cl)cc2)CC1. The molecule has 24 heavy (non-hydrogen) atoms. The predicted molar refractivity (Wildman–Crippen MR) is 99.0 cm³/mol. The van der Waals surface area contributed by atoms with Crippen LogP contribution in [0.1, 0.15) is 24.8 Å². The maximum atomic E-state index is 13.1. The molecule has 2 aliphatic heterocycles. The van der Waals surface area contributed by atoms with Gasteiger partial charge in [-0.15, -0.1) is 12.4 Å². The van der Waals surface area contributed by atoms with Crippen LogP contribution in [0.2, 0.25) is 5.02 Å². The summed E-state index contributed by atoms with van der Waals surface area (Å²) in [6, 6.07) is 8.39. The lowest BCUT2D eigenvalue weighted by atomic mass is 9.94. The maximum absolute atomic E-state index is 13.1. The Kier molecular flexibility index (Phi) is 5.40. The molecule has 2 saturated heterocycles. The highest BCUT2D eigenvalue weighted by molar-refractivity contribution is 6.30. The second kappa shape index (κ2) is 7.20. The Balaban J connectivity index is 0.00000169. The zero-order valence-corrected chi connectivity index (χ0v) is 15.4. The van der Waals surface area contributed by atoms with Crippen molar-refractivity contribution >= 4 is 29.9 Å². The second-order valence-electron chi connectivity index (χ2n) is 7.07. The monoisotopic (exact) mass is 369 g/mol. The summed E-state index contributed by atoms with van der Waals surface area (Å²) in [4.78, 5) is 17.8. The minimum absolute atomic E-state index is 0. The molecule has 1 aromatic rings.